The molecule has 2 rings (SSSR count). The van der Waals surface area contributed by atoms with Gasteiger partial charge >= 0.3 is 0 Å². The average molecular weight is 386 g/mol. The van der Waals surface area contributed by atoms with Crippen molar-refractivity contribution in [2.24, 2.45) is 0 Å². The zero-order chi connectivity index (χ0) is 18.4. The summed E-state index contributed by atoms with van der Waals surface area (Å²) in [5.74, 6) is -0.0922. The van der Waals surface area contributed by atoms with Crippen LogP contribution in [0.1, 0.15) is 25.8 Å². The summed E-state index contributed by atoms with van der Waals surface area (Å²) in [6, 6.07) is 5.57. The first-order chi connectivity index (χ1) is 11.8. The van der Waals surface area contributed by atoms with Crippen molar-refractivity contribution in [2.45, 2.75) is 39.4 Å². The van der Waals surface area contributed by atoms with Crippen LogP contribution in [-0.2, 0) is 9.53 Å². The molecule has 138 valence electrons. The molecule has 0 aliphatic carbocycles. The Bertz CT molecular complexity index is 619. The summed E-state index contributed by atoms with van der Waals surface area (Å²) in [4.78, 5) is 13.4. The molecule has 4 N–H and O–H groups in total. The number of ether oxygens (including phenoxy) is 1. The molecule has 0 aromatic heterocycles. The number of hydrazine groups is 1. The lowest BCUT2D eigenvalue weighted by Gasteiger charge is -2.32. The maximum Gasteiger partial charge on any atom is 0.244 e. The molecular weight excluding hydrogens is 360 g/mol. The molecule has 1 aliphatic rings. The van der Waals surface area contributed by atoms with E-state index >= 15 is 0 Å². The van der Waals surface area contributed by atoms with E-state index in [0.29, 0.717) is 16.6 Å². The Morgan fingerprint density at radius 3 is 2.64 bits per heavy atom. The van der Waals surface area contributed by atoms with Crippen molar-refractivity contribution in [1.82, 2.24) is 10.9 Å². The van der Waals surface area contributed by atoms with Crippen LogP contribution in [0.15, 0.2) is 18.2 Å². The van der Waals surface area contributed by atoms with Crippen LogP contribution < -0.4 is 21.1 Å². The van der Waals surface area contributed by atoms with E-state index in [1.54, 1.807) is 6.07 Å². The van der Waals surface area contributed by atoms with Gasteiger partial charge < -0.3 is 15.0 Å². The summed E-state index contributed by atoms with van der Waals surface area (Å²) in [5, 5.41) is 3.96. The van der Waals surface area contributed by atoms with Gasteiger partial charge in [-0.2, -0.15) is 0 Å². The number of hydrogen-bond acceptors (Lipinski definition) is 3. The standard InChI is InChI=1S/C17H25ClN4O2S/c1-11-4-5-14(8-15(11)18)19-17(25)21-20-16(23)6-7-22-9-12(2)24-13(3)10-22/h4-5,8,12-13H,6-7,9-10H2,1-3H3,(H,20,23)(H2,19,21,25)/p+1/t12-,13+. The largest absolute Gasteiger partial charge is 0.364 e. The quantitative estimate of drug-likeness (QED) is 0.461. The van der Waals surface area contributed by atoms with Crippen molar-refractivity contribution in [3.8, 4) is 0 Å². The smallest absolute Gasteiger partial charge is 0.244 e. The molecule has 0 radical (unpaired) electrons. The van der Waals surface area contributed by atoms with E-state index in [1.807, 2.05) is 19.1 Å². The molecule has 1 aliphatic heterocycles. The Labute approximate surface area is 159 Å². The van der Waals surface area contributed by atoms with Crippen LogP contribution in [0.25, 0.3) is 0 Å². The third kappa shape index (κ3) is 6.78. The Kier molecular flexibility index (Phi) is 7.43. The van der Waals surface area contributed by atoms with Crippen molar-refractivity contribution in [3.63, 3.8) is 0 Å². The molecule has 1 heterocycles. The van der Waals surface area contributed by atoms with E-state index in [1.165, 1.54) is 4.90 Å². The lowest BCUT2D eigenvalue weighted by atomic mass is 10.2. The number of benzene rings is 1. The highest BCUT2D eigenvalue weighted by molar-refractivity contribution is 7.80. The first kappa shape index (κ1) is 19.9. The van der Waals surface area contributed by atoms with Gasteiger partial charge in [0.15, 0.2) is 5.11 Å². The number of anilines is 1. The van der Waals surface area contributed by atoms with E-state index in [0.717, 1.165) is 30.9 Å². The zero-order valence-corrected chi connectivity index (χ0v) is 16.4. The minimum absolute atomic E-state index is 0.0922. The normalized spacial score (nSPS) is 23.0. The predicted octanol–water partition coefficient (Wildman–Crippen LogP) is 1.05. The molecule has 1 aromatic rings. The number of halogens is 1. The fraction of sp³-hybridized carbons (Fsp3) is 0.529. The van der Waals surface area contributed by atoms with Crippen LogP contribution in [0.4, 0.5) is 5.69 Å². The maximum absolute atomic E-state index is 12.0. The van der Waals surface area contributed by atoms with E-state index in [9.17, 15) is 4.79 Å². The van der Waals surface area contributed by atoms with Gasteiger partial charge in [-0.05, 0) is 50.7 Å². The van der Waals surface area contributed by atoms with Gasteiger partial charge in [-0.1, -0.05) is 17.7 Å². The SMILES string of the molecule is Cc1ccc(NC(=S)NNC(=O)CC[NH+]2C[C@@H](C)O[C@@H](C)C2)cc1Cl. The van der Waals surface area contributed by atoms with Crippen LogP contribution >= 0.6 is 23.8 Å². The summed E-state index contributed by atoms with van der Waals surface area (Å²) in [6.07, 6.45) is 0.900. The fourth-order valence-corrected chi connectivity index (χ4v) is 3.25. The lowest BCUT2D eigenvalue weighted by Crippen LogP contribution is -3.15. The van der Waals surface area contributed by atoms with E-state index in [4.69, 9.17) is 28.6 Å². The molecule has 0 saturated carbocycles. The number of carbonyl (C=O) groups excluding carboxylic acids is 1. The van der Waals surface area contributed by atoms with Gasteiger partial charge in [-0.25, -0.2) is 0 Å². The molecule has 1 amide bonds. The van der Waals surface area contributed by atoms with Gasteiger partial charge in [0.1, 0.15) is 25.3 Å². The average Bonchev–Trinajstić information content (AvgIpc) is 2.53. The summed E-state index contributed by atoms with van der Waals surface area (Å²) in [6.45, 7) is 8.70. The second-order valence-corrected chi connectivity index (χ2v) is 7.32. The van der Waals surface area contributed by atoms with Crippen molar-refractivity contribution in [2.75, 3.05) is 25.0 Å². The number of rotatable bonds is 4. The molecule has 3 atom stereocenters. The van der Waals surface area contributed by atoms with Crippen molar-refractivity contribution >= 4 is 40.5 Å². The summed E-state index contributed by atoms with van der Waals surface area (Å²) in [5.41, 5.74) is 7.10. The number of aryl methyl sites for hydroxylation is 1. The first-order valence-corrected chi connectivity index (χ1v) is 9.23. The van der Waals surface area contributed by atoms with Crippen LogP contribution in [0, 0.1) is 6.92 Å². The topological polar surface area (TPSA) is 66.8 Å². The highest BCUT2D eigenvalue weighted by Crippen LogP contribution is 2.19. The highest BCUT2D eigenvalue weighted by Gasteiger charge is 2.25. The molecule has 1 fully saturated rings. The summed E-state index contributed by atoms with van der Waals surface area (Å²) < 4.78 is 5.71. The minimum atomic E-state index is -0.0922. The highest BCUT2D eigenvalue weighted by atomic mass is 35.5. The minimum Gasteiger partial charge on any atom is -0.364 e. The Morgan fingerprint density at radius 1 is 1.32 bits per heavy atom. The van der Waals surface area contributed by atoms with Crippen molar-refractivity contribution in [3.05, 3.63) is 28.8 Å². The van der Waals surface area contributed by atoms with E-state index < -0.39 is 0 Å². The maximum atomic E-state index is 12.0. The van der Waals surface area contributed by atoms with Gasteiger partial charge in [-0.3, -0.25) is 15.6 Å². The second kappa shape index (κ2) is 9.33. The predicted molar refractivity (Wildman–Crippen MR) is 104 cm³/mol. The fourth-order valence-electron chi connectivity index (χ4n) is 2.91. The zero-order valence-electron chi connectivity index (χ0n) is 14.8. The van der Waals surface area contributed by atoms with Crippen LogP contribution in [0.5, 0.6) is 0 Å². The van der Waals surface area contributed by atoms with E-state index in [-0.39, 0.29) is 18.1 Å². The Balaban J connectivity index is 1.68. The molecule has 1 saturated heterocycles. The third-order valence-corrected chi connectivity index (χ3v) is 4.68. The number of nitrogens with one attached hydrogen (secondary N) is 4. The van der Waals surface area contributed by atoms with Gasteiger partial charge in [0, 0.05) is 10.7 Å². The lowest BCUT2D eigenvalue weighted by molar-refractivity contribution is -0.914. The van der Waals surface area contributed by atoms with Crippen LogP contribution in [0.2, 0.25) is 5.02 Å². The number of hydrogen-bond donors (Lipinski definition) is 4. The number of amides is 1. The second-order valence-electron chi connectivity index (χ2n) is 6.51. The van der Waals surface area contributed by atoms with Crippen molar-refractivity contribution < 1.29 is 14.4 Å². The molecule has 0 bridgehead atoms. The van der Waals surface area contributed by atoms with Crippen molar-refractivity contribution in [1.29, 1.82) is 0 Å². The molecule has 25 heavy (non-hydrogen) atoms. The molecule has 8 heteroatoms. The molecule has 1 unspecified atom stereocenters. The Hall–Kier alpha value is -1.41. The monoisotopic (exact) mass is 385 g/mol. The van der Waals surface area contributed by atoms with Gasteiger partial charge in [0.2, 0.25) is 5.91 Å². The number of carbonyl (C=O) groups is 1. The number of quaternary nitrogens is 1. The van der Waals surface area contributed by atoms with Crippen LogP contribution in [0.3, 0.4) is 0 Å². The van der Waals surface area contributed by atoms with Gasteiger partial charge in [0.05, 0.1) is 13.0 Å². The first-order valence-electron chi connectivity index (χ1n) is 8.44. The molecule has 6 nitrogen and oxygen atoms in total. The number of thiocarbonyl (C=S) groups is 1. The molecule has 0 spiro atoms. The van der Waals surface area contributed by atoms with E-state index in [2.05, 4.69) is 30.0 Å². The van der Waals surface area contributed by atoms with Gasteiger partial charge in [0.25, 0.3) is 0 Å². The summed E-state index contributed by atoms with van der Waals surface area (Å²) >= 11 is 11.2. The Morgan fingerprint density at radius 2 is 2.00 bits per heavy atom. The molecule has 1 aromatic carbocycles. The van der Waals surface area contributed by atoms with Gasteiger partial charge in [-0.15, -0.1) is 0 Å². The summed E-state index contributed by atoms with van der Waals surface area (Å²) in [7, 11) is 0. The third-order valence-electron chi connectivity index (χ3n) is 4.07. The molecular formula is C17H26ClN4O2S+. The van der Waals surface area contributed by atoms with Crippen LogP contribution in [-0.4, -0.2) is 42.9 Å². The number of morpholine rings is 1.